The number of carbonyl (C=O) groups excluding carboxylic acids is 2. The highest BCUT2D eigenvalue weighted by Crippen LogP contribution is 2.26. The molecule has 0 bridgehead atoms. The van der Waals surface area contributed by atoms with E-state index in [-0.39, 0.29) is 18.2 Å². The largest absolute Gasteiger partial charge is 0.494 e. The number of rotatable bonds is 7. The van der Waals surface area contributed by atoms with E-state index < -0.39 is 0 Å². The minimum absolute atomic E-state index is 0.122. The average Bonchev–Trinajstić information content (AvgIpc) is 3.11. The Morgan fingerprint density at radius 3 is 2.57 bits per heavy atom. The number of aromatic nitrogens is 1. The van der Waals surface area contributed by atoms with Gasteiger partial charge in [0.15, 0.2) is 0 Å². The fraction of sp³-hybridized carbons (Fsp3) is 0.190. The molecule has 1 heterocycles. The maximum atomic E-state index is 12.3. The summed E-state index contributed by atoms with van der Waals surface area (Å²) >= 11 is 1.47. The highest BCUT2D eigenvalue weighted by molar-refractivity contribution is 7.13. The second-order valence-corrected chi connectivity index (χ2v) is 6.95. The average molecular weight is 395 g/mol. The van der Waals surface area contributed by atoms with Crippen molar-refractivity contribution in [1.29, 1.82) is 0 Å². The Labute approximate surface area is 167 Å². The van der Waals surface area contributed by atoms with Crippen molar-refractivity contribution in [1.82, 2.24) is 4.98 Å². The zero-order valence-corrected chi connectivity index (χ0v) is 16.5. The molecule has 0 saturated heterocycles. The molecule has 0 atom stereocenters. The Morgan fingerprint density at radius 1 is 1.07 bits per heavy atom. The van der Waals surface area contributed by atoms with Gasteiger partial charge in [-0.1, -0.05) is 12.1 Å². The van der Waals surface area contributed by atoms with E-state index >= 15 is 0 Å². The first-order chi connectivity index (χ1) is 13.5. The maximum Gasteiger partial charge on any atom is 0.230 e. The summed E-state index contributed by atoms with van der Waals surface area (Å²) in [6, 6.07) is 14.7. The van der Waals surface area contributed by atoms with Gasteiger partial charge in [-0.2, -0.15) is 0 Å². The van der Waals surface area contributed by atoms with Gasteiger partial charge in [-0.25, -0.2) is 4.98 Å². The Kier molecular flexibility index (Phi) is 6.39. The van der Waals surface area contributed by atoms with Crippen LogP contribution in [0.15, 0.2) is 53.9 Å². The molecule has 3 rings (SSSR count). The van der Waals surface area contributed by atoms with E-state index in [1.165, 1.54) is 18.3 Å². The number of benzene rings is 2. The Hall–Kier alpha value is -3.19. The van der Waals surface area contributed by atoms with E-state index in [4.69, 9.17) is 4.74 Å². The summed E-state index contributed by atoms with van der Waals surface area (Å²) in [5.74, 6) is 0.516. The molecular weight excluding hydrogens is 374 g/mol. The summed E-state index contributed by atoms with van der Waals surface area (Å²) in [4.78, 5) is 28.0. The number of nitrogens with zero attached hydrogens (tertiary/aromatic N) is 1. The van der Waals surface area contributed by atoms with E-state index in [1.54, 1.807) is 0 Å². The number of carbonyl (C=O) groups is 2. The van der Waals surface area contributed by atoms with Gasteiger partial charge in [0, 0.05) is 29.2 Å². The molecule has 0 fully saturated rings. The van der Waals surface area contributed by atoms with Gasteiger partial charge in [-0.15, -0.1) is 11.3 Å². The van der Waals surface area contributed by atoms with Gasteiger partial charge >= 0.3 is 0 Å². The molecule has 0 aliphatic heterocycles. The molecule has 2 amide bonds. The van der Waals surface area contributed by atoms with Gasteiger partial charge in [0.1, 0.15) is 10.8 Å². The summed E-state index contributed by atoms with van der Waals surface area (Å²) in [7, 11) is 0. The molecule has 2 N–H and O–H groups in total. The first-order valence-corrected chi connectivity index (χ1v) is 9.76. The third kappa shape index (κ3) is 5.40. The molecule has 0 aliphatic carbocycles. The number of anilines is 2. The molecule has 1 aromatic heterocycles. The Bertz CT molecular complexity index is 967. The van der Waals surface area contributed by atoms with E-state index in [0.29, 0.717) is 18.0 Å². The van der Waals surface area contributed by atoms with Gasteiger partial charge in [0.25, 0.3) is 0 Å². The van der Waals surface area contributed by atoms with Gasteiger partial charge in [0.2, 0.25) is 11.8 Å². The molecule has 0 spiro atoms. The number of amides is 2. The predicted molar refractivity (Wildman–Crippen MR) is 112 cm³/mol. The van der Waals surface area contributed by atoms with Crippen LogP contribution >= 0.6 is 11.3 Å². The van der Waals surface area contributed by atoms with Gasteiger partial charge in [0.05, 0.1) is 18.7 Å². The highest BCUT2D eigenvalue weighted by atomic mass is 32.1. The van der Waals surface area contributed by atoms with Crippen molar-refractivity contribution in [2.45, 2.75) is 20.3 Å². The molecule has 0 aliphatic rings. The first-order valence-electron chi connectivity index (χ1n) is 8.88. The number of ether oxygens (including phenoxy) is 1. The molecule has 2 aromatic carbocycles. The molecular formula is C21H21N3O3S. The summed E-state index contributed by atoms with van der Waals surface area (Å²) in [6.07, 6.45) is 0.190. The van der Waals surface area contributed by atoms with Crippen LogP contribution in [0.5, 0.6) is 5.75 Å². The lowest BCUT2D eigenvalue weighted by Gasteiger charge is -2.06. The fourth-order valence-corrected chi connectivity index (χ4v) is 3.44. The SMILES string of the molecule is CCOc1ccc(NC(=O)Cc2csc(-c3cccc(NC(C)=O)c3)n2)cc1. The molecule has 6 nitrogen and oxygen atoms in total. The summed E-state index contributed by atoms with van der Waals surface area (Å²) < 4.78 is 5.39. The van der Waals surface area contributed by atoms with Crippen LogP contribution in [0.2, 0.25) is 0 Å². The quantitative estimate of drug-likeness (QED) is 0.623. The molecule has 144 valence electrons. The molecule has 0 unspecified atom stereocenters. The Balaban J connectivity index is 1.62. The van der Waals surface area contributed by atoms with Crippen LogP contribution in [-0.4, -0.2) is 23.4 Å². The zero-order chi connectivity index (χ0) is 19.9. The van der Waals surface area contributed by atoms with Crippen molar-refractivity contribution in [3.63, 3.8) is 0 Å². The van der Waals surface area contributed by atoms with Crippen molar-refractivity contribution in [2.75, 3.05) is 17.2 Å². The van der Waals surface area contributed by atoms with Crippen LogP contribution in [0.3, 0.4) is 0 Å². The van der Waals surface area contributed by atoms with Gasteiger partial charge < -0.3 is 15.4 Å². The van der Waals surface area contributed by atoms with Gasteiger partial charge in [-0.3, -0.25) is 9.59 Å². The third-order valence-electron chi connectivity index (χ3n) is 3.77. The summed E-state index contributed by atoms with van der Waals surface area (Å²) in [6.45, 7) is 4.00. The fourth-order valence-electron chi connectivity index (χ4n) is 2.62. The number of thiazole rings is 1. The topological polar surface area (TPSA) is 80.3 Å². The van der Waals surface area contributed by atoms with Crippen LogP contribution in [0.25, 0.3) is 10.6 Å². The zero-order valence-electron chi connectivity index (χ0n) is 15.7. The van der Waals surface area contributed by atoms with Crippen molar-refractivity contribution in [3.05, 3.63) is 59.6 Å². The van der Waals surface area contributed by atoms with E-state index in [2.05, 4.69) is 15.6 Å². The van der Waals surface area contributed by atoms with E-state index in [9.17, 15) is 9.59 Å². The van der Waals surface area contributed by atoms with Crippen molar-refractivity contribution in [2.24, 2.45) is 0 Å². The summed E-state index contributed by atoms with van der Waals surface area (Å²) in [5, 5.41) is 8.30. The third-order valence-corrected chi connectivity index (χ3v) is 4.71. The molecule has 3 aromatic rings. The monoisotopic (exact) mass is 395 g/mol. The Morgan fingerprint density at radius 2 is 1.86 bits per heavy atom. The number of hydrogen-bond acceptors (Lipinski definition) is 5. The normalized spacial score (nSPS) is 10.4. The number of hydrogen-bond donors (Lipinski definition) is 2. The van der Waals surface area contributed by atoms with Crippen molar-refractivity contribution >= 4 is 34.5 Å². The molecule has 28 heavy (non-hydrogen) atoms. The molecule has 7 heteroatoms. The van der Waals surface area contributed by atoms with Gasteiger partial charge in [-0.05, 0) is 43.3 Å². The summed E-state index contributed by atoms with van der Waals surface area (Å²) in [5.41, 5.74) is 3.03. The minimum atomic E-state index is -0.131. The van der Waals surface area contributed by atoms with Crippen LogP contribution in [-0.2, 0) is 16.0 Å². The highest BCUT2D eigenvalue weighted by Gasteiger charge is 2.10. The smallest absolute Gasteiger partial charge is 0.230 e. The first kappa shape index (κ1) is 19.6. The van der Waals surface area contributed by atoms with E-state index in [0.717, 1.165) is 22.0 Å². The number of nitrogens with one attached hydrogen (secondary N) is 2. The second-order valence-electron chi connectivity index (χ2n) is 6.09. The van der Waals surface area contributed by atoms with E-state index in [1.807, 2.05) is 60.8 Å². The predicted octanol–water partition coefficient (Wildman–Crippen LogP) is 4.35. The van der Waals surface area contributed by atoms with Crippen LogP contribution < -0.4 is 15.4 Å². The van der Waals surface area contributed by atoms with Crippen LogP contribution in [0.1, 0.15) is 19.5 Å². The minimum Gasteiger partial charge on any atom is -0.494 e. The lowest BCUT2D eigenvalue weighted by atomic mass is 10.2. The molecule has 0 radical (unpaired) electrons. The van der Waals surface area contributed by atoms with Crippen molar-refractivity contribution in [3.8, 4) is 16.3 Å². The van der Waals surface area contributed by atoms with Crippen LogP contribution in [0, 0.1) is 0 Å². The lowest BCUT2D eigenvalue weighted by Crippen LogP contribution is -2.14. The standard InChI is InChI=1S/C21H21N3O3S/c1-3-27-19-9-7-16(8-10-19)23-20(26)12-18-13-28-21(24-18)15-5-4-6-17(11-15)22-14(2)25/h4-11,13H,3,12H2,1-2H3,(H,22,25)(H,23,26). The lowest BCUT2D eigenvalue weighted by molar-refractivity contribution is -0.116. The van der Waals surface area contributed by atoms with Crippen molar-refractivity contribution < 1.29 is 14.3 Å². The molecule has 0 saturated carbocycles. The second kappa shape index (κ2) is 9.14. The van der Waals surface area contributed by atoms with Crippen LogP contribution in [0.4, 0.5) is 11.4 Å². The maximum absolute atomic E-state index is 12.3.